The second-order valence-corrected chi connectivity index (χ2v) is 5.72. The summed E-state index contributed by atoms with van der Waals surface area (Å²) >= 11 is 0. The number of amides is 1. The van der Waals surface area contributed by atoms with Gasteiger partial charge in [-0.25, -0.2) is 0 Å². The van der Waals surface area contributed by atoms with E-state index < -0.39 is 10.5 Å². The van der Waals surface area contributed by atoms with Crippen molar-refractivity contribution in [1.82, 2.24) is 15.1 Å². The molecule has 1 rings (SSSR count). The van der Waals surface area contributed by atoms with Crippen molar-refractivity contribution in [1.29, 1.82) is 0 Å². The van der Waals surface area contributed by atoms with Gasteiger partial charge in [-0.05, 0) is 26.7 Å². The van der Waals surface area contributed by atoms with Crippen molar-refractivity contribution in [3.8, 4) is 0 Å². The molecule has 1 heterocycles. The predicted molar refractivity (Wildman–Crippen MR) is 76.8 cm³/mol. The van der Waals surface area contributed by atoms with Crippen LogP contribution < -0.4 is 5.32 Å². The summed E-state index contributed by atoms with van der Waals surface area (Å²) in [4.78, 5) is 22.3. The number of carbonyl (C=O) groups is 1. The zero-order valence-corrected chi connectivity index (χ0v) is 13.0. The van der Waals surface area contributed by atoms with Crippen molar-refractivity contribution < 1.29 is 14.8 Å². The normalized spacial score (nSPS) is 14.0. The van der Waals surface area contributed by atoms with Gasteiger partial charge < -0.3 is 10.4 Å². The molecule has 118 valence electrons. The van der Waals surface area contributed by atoms with E-state index in [0.717, 1.165) is 0 Å². The third kappa shape index (κ3) is 4.01. The Kier molecular flexibility index (Phi) is 5.06. The molecule has 0 saturated heterocycles. The van der Waals surface area contributed by atoms with Crippen LogP contribution in [0.25, 0.3) is 0 Å². The fourth-order valence-electron chi connectivity index (χ4n) is 1.78. The lowest BCUT2D eigenvalue weighted by molar-refractivity contribution is -0.386. The average molecular weight is 298 g/mol. The van der Waals surface area contributed by atoms with Crippen molar-refractivity contribution in [3.63, 3.8) is 0 Å². The number of aliphatic hydroxyl groups is 1. The van der Waals surface area contributed by atoms with Gasteiger partial charge in [0.05, 0.1) is 10.5 Å². The van der Waals surface area contributed by atoms with E-state index in [2.05, 4.69) is 10.4 Å². The standard InChI is InChI=1S/C13H22N4O4/c1-8(2)13(5,19)7-14-11(18)6-16-10(4)12(17(20)21)9(3)15-16/h8,19H,6-7H2,1-5H3,(H,14,18). The van der Waals surface area contributed by atoms with Crippen LogP contribution in [0.5, 0.6) is 0 Å². The molecule has 1 amide bonds. The summed E-state index contributed by atoms with van der Waals surface area (Å²) in [6.45, 7) is 8.44. The molecule has 1 aromatic heterocycles. The summed E-state index contributed by atoms with van der Waals surface area (Å²) in [5, 5.41) is 27.6. The molecule has 21 heavy (non-hydrogen) atoms. The molecule has 0 fully saturated rings. The van der Waals surface area contributed by atoms with Crippen LogP contribution in [-0.2, 0) is 11.3 Å². The molecule has 1 aromatic rings. The molecule has 0 aliphatic heterocycles. The van der Waals surface area contributed by atoms with Gasteiger partial charge >= 0.3 is 5.69 Å². The predicted octanol–water partition coefficient (Wildman–Crippen LogP) is 0.931. The molecule has 0 aliphatic rings. The van der Waals surface area contributed by atoms with Crippen molar-refractivity contribution in [2.75, 3.05) is 6.54 Å². The summed E-state index contributed by atoms with van der Waals surface area (Å²) in [5.74, 6) is -0.357. The van der Waals surface area contributed by atoms with Crippen LogP contribution in [0.15, 0.2) is 0 Å². The third-order valence-electron chi connectivity index (χ3n) is 3.71. The molecule has 2 N–H and O–H groups in total. The lowest BCUT2D eigenvalue weighted by Crippen LogP contribution is -2.45. The van der Waals surface area contributed by atoms with E-state index in [0.29, 0.717) is 5.69 Å². The van der Waals surface area contributed by atoms with Gasteiger partial charge in [-0.2, -0.15) is 5.10 Å². The Morgan fingerprint density at radius 3 is 2.52 bits per heavy atom. The molecular weight excluding hydrogens is 276 g/mol. The summed E-state index contributed by atoms with van der Waals surface area (Å²) < 4.78 is 1.30. The first-order valence-corrected chi connectivity index (χ1v) is 6.73. The van der Waals surface area contributed by atoms with Crippen molar-refractivity contribution in [3.05, 3.63) is 21.5 Å². The van der Waals surface area contributed by atoms with Crippen LogP contribution in [0.1, 0.15) is 32.2 Å². The number of nitrogens with zero attached hydrogens (tertiary/aromatic N) is 3. The number of aryl methyl sites for hydroxylation is 1. The Morgan fingerprint density at radius 2 is 2.10 bits per heavy atom. The SMILES string of the molecule is Cc1nn(CC(=O)NCC(C)(O)C(C)C)c(C)c1[N+](=O)[O-]. The molecule has 8 heteroatoms. The van der Waals surface area contributed by atoms with Gasteiger partial charge in [-0.3, -0.25) is 19.6 Å². The molecule has 0 saturated carbocycles. The van der Waals surface area contributed by atoms with Crippen molar-refractivity contribution >= 4 is 11.6 Å². The van der Waals surface area contributed by atoms with E-state index in [-0.39, 0.29) is 36.3 Å². The zero-order valence-electron chi connectivity index (χ0n) is 13.0. The molecule has 0 aromatic carbocycles. The second kappa shape index (κ2) is 6.21. The lowest BCUT2D eigenvalue weighted by Gasteiger charge is -2.27. The highest BCUT2D eigenvalue weighted by Gasteiger charge is 2.26. The van der Waals surface area contributed by atoms with Gasteiger partial charge in [-0.1, -0.05) is 13.8 Å². The van der Waals surface area contributed by atoms with Gasteiger partial charge in [0.25, 0.3) is 0 Å². The minimum Gasteiger partial charge on any atom is -0.388 e. The highest BCUT2D eigenvalue weighted by Crippen LogP contribution is 2.21. The first kappa shape index (κ1) is 17.1. The lowest BCUT2D eigenvalue weighted by atomic mass is 9.92. The Labute approximate surface area is 123 Å². The Bertz CT molecular complexity index is 549. The zero-order chi connectivity index (χ0) is 16.4. The van der Waals surface area contributed by atoms with Gasteiger partial charge in [0, 0.05) is 6.54 Å². The summed E-state index contributed by atoms with van der Waals surface area (Å²) in [6, 6.07) is 0. The smallest absolute Gasteiger partial charge is 0.312 e. The molecule has 0 bridgehead atoms. The number of hydrogen-bond donors (Lipinski definition) is 2. The van der Waals surface area contributed by atoms with E-state index in [4.69, 9.17) is 0 Å². The minimum atomic E-state index is -1.00. The Morgan fingerprint density at radius 1 is 1.52 bits per heavy atom. The van der Waals surface area contributed by atoms with Gasteiger partial charge in [-0.15, -0.1) is 0 Å². The molecule has 0 radical (unpaired) electrons. The maximum absolute atomic E-state index is 11.9. The van der Waals surface area contributed by atoms with Crippen molar-refractivity contribution in [2.45, 2.75) is 46.8 Å². The topological polar surface area (TPSA) is 110 Å². The molecule has 1 unspecified atom stereocenters. The van der Waals surface area contributed by atoms with Crippen LogP contribution in [0, 0.1) is 29.9 Å². The quantitative estimate of drug-likeness (QED) is 0.599. The van der Waals surface area contributed by atoms with Crippen LogP contribution in [0.3, 0.4) is 0 Å². The highest BCUT2D eigenvalue weighted by molar-refractivity contribution is 5.75. The Hall–Kier alpha value is -1.96. The number of nitro groups is 1. The van der Waals surface area contributed by atoms with Crippen LogP contribution in [0.4, 0.5) is 5.69 Å². The van der Waals surface area contributed by atoms with Gasteiger partial charge in [0.2, 0.25) is 5.91 Å². The maximum Gasteiger partial charge on any atom is 0.312 e. The second-order valence-electron chi connectivity index (χ2n) is 5.72. The van der Waals surface area contributed by atoms with E-state index in [1.54, 1.807) is 13.8 Å². The van der Waals surface area contributed by atoms with E-state index >= 15 is 0 Å². The van der Waals surface area contributed by atoms with Gasteiger partial charge in [0.1, 0.15) is 17.9 Å². The maximum atomic E-state index is 11.9. The van der Waals surface area contributed by atoms with E-state index in [1.807, 2.05) is 13.8 Å². The summed E-state index contributed by atoms with van der Waals surface area (Å²) in [5.41, 5.74) is -0.462. The minimum absolute atomic E-state index is 0.00688. The summed E-state index contributed by atoms with van der Waals surface area (Å²) in [6.07, 6.45) is 0. The largest absolute Gasteiger partial charge is 0.388 e. The molecule has 1 atom stereocenters. The van der Waals surface area contributed by atoms with Crippen molar-refractivity contribution in [2.24, 2.45) is 5.92 Å². The third-order valence-corrected chi connectivity index (χ3v) is 3.71. The first-order valence-electron chi connectivity index (χ1n) is 6.73. The number of carbonyl (C=O) groups excluding carboxylic acids is 1. The molecule has 0 aliphatic carbocycles. The monoisotopic (exact) mass is 298 g/mol. The molecular formula is C13H22N4O4. The van der Waals surface area contributed by atoms with Crippen LogP contribution >= 0.6 is 0 Å². The molecule has 8 nitrogen and oxygen atoms in total. The average Bonchev–Trinajstić information content (AvgIpc) is 2.61. The fraction of sp³-hybridized carbons (Fsp3) is 0.692. The van der Waals surface area contributed by atoms with E-state index in [1.165, 1.54) is 11.6 Å². The number of rotatable bonds is 6. The molecule has 0 spiro atoms. The van der Waals surface area contributed by atoms with Gasteiger partial charge in [0.15, 0.2) is 0 Å². The number of nitrogens with one attached hydrogen (secondary N) is 1. The fourth-order valence-corrected chi connectivity index (χ4v) is 1.78. The number of aromatic nitrogens is 2. The first-order chi connectivity index (χ1) is 9.56. The van der Waals surface area contributed by atoms with E-state index in [9.17, 15) is 20.0 Å². The number of hydrogen-bond acceptors (Lipinski definition) is 5. The Balaban J connectivity index is 2.73. The highest BCUT2D eigenvalue weighted by atomic mass is 16.6. The van der Waals surface area contributed by atoms with Crippen LogP contribution in [0.2, 0.25) is 0 Å². The van der Waals surface area contributed by atoms with Crippen LogP contribution in [-0.4, -0.2) is 37.9 Å². The summed E-state index contributed by atoms with van der Waals surface area (Å²) in [7, 11) is 0.